The van der Waals surface area contributed by atoms with Crippen LogP contribution < -0.4 is 27.4 Å². The number of aliphatic carboxylic acids is 1. The maximum Gasteiger partial charge on any atom is 0.326 e. The van der Waals surface area contributed by atoms with E-state index in [0.29, 0.717) is 5.56 Å². The molecule has 0 bridgehead atoms. The van der Waals surface area contributed by atoms with Crippen molar-refractivity contribution in [3.05, 3.63) is 71.8 Å². The van der Waals surface area contributed by atoms with Gasteiger partial charge in [-0.05, 0) is 30.9 Å². The van der Waals surface area contributed by atoms with Gasteiger partial charge in [0.05, 0.1) is 12.1 Å². The third kappa shape index (κ3) is 10.5. The number of carboxylic acids is 1. The lowest BCUT2D eigenvalue weighted by molar-refractivity contribution is -0.143. The Morgan fingerprint density at radius 2 is 1.28 bits per heavy atom. The zero-order valence-corrected chi connectivity index (χ0v) is 21.6. The maximum absolute atomic E-state index is 13.1. The Kier molecular flexibility index (Phi) is 12.1. The van der Waals surface area contributed by atoms with Crippen LogP contribution in [0.2, 0.25) is 0 Å². The van der Waals surface area contributed by atoms with Crippen molar-refractivity contribution >= 4 is 29.6 Å². The molecule has 0 aliphatic heterocycles. The van der Waals surface area contributed by atoms with Crippen molar-refractivity contribution < 1.29 is 34.2 Å². The predicted molar refractivity (Wildman–Crippen MR) is 142 cm³/mol. The first kappa shape index (κ1) is 30.9. The summed E-state index contributed by atoms with van der Waals surface area (Å²) < 4.78 is 0. The molecule has 0 saturated heterocycles. The van der Waals surface area contributed by atoms with Crippen molar-refractivity contribution in [1.82, 2.24) is 16.0 Å². The molecule has 4 amide bonds. The summed E-state index contributed by atoms with van der Waals surface area (Å²) in [5, 5.41) is 26.9. The molecule has 0 aromatic heterocycles. The van der Waals surface area contributed by atoms with Crippen LogP contribution in [0.5, 0.6) is 0 Å². The Morgan fingerprint density at radius 1 is 0.769 bits per heavy atom. The van der Waals surface area contributed by atoms with Crippen LogP contribution in [0.3, 0.4) is 0 Å². The highest BCUT2D eigenvalue weighted by molar-refractivity contribution is 5.94. The second kappa shape index (κ2) is 15.2. The van der Waals surface area contributed by atoms with E-state index in [2.05, 4.69) is 16.0 Å². The van der Waals surface area contributed by atoms with Crippen LogP contribution in [-0.4, -0.2) is 70.1 Å². The van der Waals surface area contributed by atoms with Gasteiger partial charge in [-0.2, -0.15) is 0 Å². The standard InChI is InChI=1S/C27H35N5O7/c1-16(33)23(26(37)31-21(27(38)39)15-18-10-6-3-7-11-18)32-25(36)20(12-13-22(29)34)30-24(35)19(28)14-17-8-4-2-5-9-17/h2-11,16,19-21,23,33H,12-15,28H2,1H3,(H2,29,34)(H,30,35)(H,31,37)(H,32,36)(H,38,39). The van der Waals surface area contributed by atoms with Gasteiger partial charge in [-0.25, -0.2) is 4.79 Å². The molecule has 39 heavy (non-hydrogen) atoms. The van der Waals surface area contributed by atoms with E-state index < -0.39 is 59.9 Å². The van der Waals surface area contributed by atoms with Gasteiger partial charge in [0.15, 0.2) is 0 Å². The van der Waals surface area contributed by atoms with E-state index in [0.717, 1.165) is 5.56 Å². The Balaban J connectivity index is 2.11. The molecule has 0 saturated carbocycles. The Bertz CT molecular complexity index is 1130. The number of aliphatic hydroxyl groups is 1. The first-order valence-electron chi connectivity index (χ1n) is 12.4. The fraction of sp³-hybridized carbons (Fsp3) is 0.370. The molecule has 210 valence electrons. The van der Waals surface area contributed by atoms with Gasteiger partial charge in [0.2, 0.25) is 23.6 Å². The first-order chi connectivity index (χ1) is 18.5. The number of carbonyl (C=O) groups excluding carboxylic acids is 4. The lowest BCUT2D eigenvalue weighted by atomic mass is 10.0. The second-order valence-electron chi connectivity index (χ2n) is 9.18. The molecule has 5 unspecified atom stereocenters. The largest absolute Gasteiger partial charge is 0.480 e. The summed E-state index contributed by atoms with van der Waals surface area (Å²) in [4.78, 5) is 61.8. The zero-order chi connectivity index (χ0) is 28.9. The summed E-state index contributed by atoms with van der Waals surface area (Å²) >= 11 is 0. The van der Waals surface area contributed by atoms with E-state index in [1.807, 2.05) is 6.07 Å². The zero-order valence-electron chi connectivity index (χ0n) is 21.6. The Labute approximate surface area is 226 Å². The van der Waals surface area contributed by atoms with Crippen LogP contribution in [-0.2, 0) is 36.8 Å². The summed E-state index contributed by atoms with van der Waals surface area (Å²) in [6, 6.07) is 12.4. The number of benzene rings is 2. The van der Waals surface area contributed by atoms with Crippen LogP contribution in [0.4, 0.5) is 0 Å². The van der Waals surface area contributed by atoms with Crippen molar-refractivity contribution in [3.63, 3.8) is 0 Å². The fourth-order valence-electron chi connectivity index (χ4n) is 3.77. The van der Waals surface area contributed by atoms with Crippen LogP contribution in [0.1, 0.15) is 30.9 Å². The number of nitrogens with one attached hydrogen (secondary N) is 3. The van der Waals surface area contributed by atoms with Gasteiger partial charge in [-0.1, -0.05) is 60.7 Å². The monoisotopic (exact) mass is 541 g/mol. The first-order valence-corrected chi connectivity index (χ1v) is 12.4. The van der Waals surface area contributed by atoms with Crippen molar-refractivity contribution in [3.8, 4) is 0 Å². The Morgan fingerprint density at radius 3 is 1.77 bits per heavy atom. The van der Waals surface area contributed by atoms with Crippen molar-refractivity contribution in [1.29, 1.82) is 0 Å². The normalized spacial score (nSPS) is 14.6. The minimum atomic E-state index is -1.55. The highest BCUT2D eigenvalue weighted by Crippen LogP contribution is 2.07. The van der Waals surface area contributed by atoms with E-state index in [1.165, 1.54) is 6.92 Å². The summed E-state index contributed by atoms with van der Waals surface area (Å²) in [5.74, 6) is -4.52. The summed E-state index contributed by atoms with van der Waals surface area (Å²) in [6.45, 7) is 1.24. The SMILES string of the molecule is CC(O)C(NC(=O)C(CCC(N)=O)NC(=O)C(N)Cc1ccccc1)C(=O)NC(Cc1ccccc1)C(=O)O. The molecular formula is C27H35N5O7. The summed E-state index contributed by atoms with van der Waals surface area (Å²) in [5.41, 5.74) is 12.7. The smallest absolute Gasteiger partial charge is 0.326 e. The highest BCUT2D eigenvalue weighted by Gasteiger charge is 2.33. The molecule has 0 radical (unpaired) electrons. The molecule has 2 aromatic carbocycles. The van der Waals surface area contributed by atoms with E-state index in [9.17, 15) is 34.2 Å². The summed E-state index contributed by atoms with van der Waals surface area (Å²) in [7, 11) is 0. The number of primary amides is 1. The number of amides is 4. The molecule has 9 N–H and O–H groups in total. The molecule has 0 spiro atoms. The number of carboxylic acid groups (broad SMARTS) is 1. The molecule has 12 nitrogen and oxygen atoms in total. The van der Waals surface area contributed by atoms with Gasteiger partial charge in [-0.3, -0.25) is 19.2 Å². The highest BCUT2D eigenvalue weighted by atomic mass is 16.4. The van der Waals surface area contributed by atoms with E-state index >= 15 is 0 Å². The van der Waals surface area contributed by atoms with E-state index in [4.69, 9.17) is 11.5 Å². The fourth-order valence-corrected chi connectivity index (χ4v) is 3.77. The number of carbonyl (C=O) groups is 5. The van der Waals surface area contributed by atoms with E-state index in [1.54, 1.807) is 54.6 Å². The lowest BCUT2D eigenvalue weighted by Gasteiger charge is -2.26. The van der Waals surface area contributed by atoms with Crippen molar-refractivity contribution in [2.75, 3.05) is 0 Å². The van der Waals surface area contributed by atoms with Gasteiger partial charge in [0, 0.05) is 12.8 Å². The minimum Gasteiger partial charge on any atom is -0.480 e. The Hall–Kier alpha value is -4.29. The molecule has 0 heterocycles. The van der Waals surface area contributed by atoms with Crippen molar-refractivity contribution in [2.45, 2.75) is 62.9 Å². The van der Waals surface area contributed by atoms with Crippen LogP contribution in [0.25, 0.3) is 0 Å². The maximum atomic E-state index is 13.1. The van der Waals surface area contributed by atoms with Crippen LogP contribution in [0.15, 0.2) is 60.7 Å². The van der Waals surface area contributed by atoms with E-state index in [-0.39, 0.29) is 25.7 Å². The molecule has 0 fully saturated rings. The molecule has 0 aliphatic carbocycles. The quantitative estimate of drug-likeness (QED) is 0.148. The molecule has 2 aromatic rings. The average molecular weight is 542 g/mol. The van der Waals surface area contributed by atoms with Gasteiger partial charge >= 0.3 is 5.97 Å². The average Bonchev–Trinajstić information content (AvgIpc) is 2.89. The van der Waals surface area contributed by atoms with Crippen LogP contribution in [0, 0.1) is 0 Å². The number of rotatable bonds is 15. The van der Waals surface area contributed by atoms with Gasteiger partial charge in [-0.15, -0.1) is 0 Å². The molecule has 12 heteroatoms. The van der Waals surface area contributed by atoms with Crippen LogP contribution >= 0.6 is 0 Å². The number of aliphatic hydroxyl groups excluding tert-OH is 1. The number of nitrogens with two attached hydrogens (primary N) is 2. The lowest BCUT2D eigenvalue weighted by Crippen LogP contribution is -2.60. The third-order valence-electron chi connectivity index (χ3n) is 5.91. The van der Waals surface area contributed by atoms with Gasteiger partial charge < -0.3 is 37.6 Å². The third-order valence-corrected chi connectivity index (χ3v) is 5.91. The van der Waals surface area contributed by atoms with Gasteiger partial charge in [0.25, 0.3) is 0 Å². The van der Waals surface area contributed by atoms with Gasteiger partial charge in [0.1, 0.15) is 18.1 Å². The molecule has 2 rings (SSSR count). The molecule has 0 aliphatic rings. The molecular weight excluding hydrogens is 506 g/mol. The van der Waals surface area contributed by atoms with Crippen molar-refractivity contribution in [2.24, 2.45) is 11.5 Å². The predicted octanol–water partition coefficient (Wildman–Crippen LogP) is -1.02. The minimum absolute atomic E-state index is 0.0288. The second-order valence-corrected chi connectivity index (χ2v) is 9.18. The molecule has 5 atom stereocenters. The summed E-state index contributed by atoms with van der Waals surface area (Å²) in [6.07, 6.45) is -1.71. The number of hydrogen-bond donors (Lipinski definition) is 7. The number of hydrogen-bond acceptors (Lipinski definition) is 7. The topological polar surface area (TPSA) is 214 Å².